The van der Waals surface area contributed by atoms with Crippen molar-refractivity contribution in [3.63, 3.8) is 0 Å². The maximum atomic E-state index is 5.31. The molecule has 8 rings (SSSR count). The molecule has 1 N–H and O–H groups in total. The number of fused-ring (bicyclic) bond motifs is 5. The molecule has 0 amide bonds. The van der Waals surface area contributed by atoms with Crippen LogP contribution in [0.5, 0.6) is 0 Å². The summed E-state index contributed by atoms with van der Waals surface area (Å²) in [5, 5.41) is 6.83. The van der Waals surface area contributed by atoms with Crippen molar-refractivity contribution in [1.82, 2.24) is 20.3 Å². The van der Waals surface area contributed by atoms with E-state index in [0.29, 0.717) is 0 Å². The van der Waals surface area contributed by atoms with Crippen LogP contribution < -0.4 is 5.32 Å². The van der Waals surface area contributed by atoms with Gasteiger partial charge in [-0.1, -0.05) is 86.7 Å². The molecule has 3 aliphatic rings. The van der Waals surface area contributed by atoms with E-state index in [1.54, 1.807) is 0 Å². The molecule has 4 nitrogen and oxygen atoms in total. The van der Waals surface area contributed by atoms with Crippen LogP contribution >= 0.6 is 0 Å². The molecule has 1 unspecified atom stereocenters. The Bertz CT molecular complexity index is 2030. The monoisotopic (exact) mass is 544 g/mol. The van der Waals surface area contributed by atoms with E-state index in [2.05, 4.69) is 114 Å². The van der Waals surface area contributed by atoms with Crippen LogP contribution in [0.3, 0.4) is 0 Å². The van der Waals surface area contributed by atoms with E-state index in [1.165, 1.54) is 22.3 Å². The van der Waals surface area contributed by atoms with Crippen molar-refractivity contribution in [2.45, 2.75) is 32.7 Å². The minimum Gasteiger partial charge on any atom is -0.381 e. The van der Waals surface area contributed by atoms with Gasteiger partial charge in [0, 0.05) is 28.6 Å². The number of para-hydroxylation sites is 1. The second-order valence-electron chi connectivity index (χ2n) is 10.4. The fraction of sp³-hybridized carbons (Fsp3) is 0.132. The summed E-state index contributed by atoms with van der Waals surface area (Å²) in [6.07, 6.45) is 25.3. The van der Waals surface area contributed by atoms with Gasteiger partial charge >= 0.3 is 0 Å². The minimum atomic E-state index is 0.165. The van der Waals surface area contributed by atoms with E-state index in [9.17, 15) is 0 Å². The molecule has 4 heterocycles. The van der Waals surface area contributed by atoms with Gasteiger partial charge in [-0.25, -0.2) is 4.98 Å². The summed E-state index contributed by atoms with van der Waals surface area (Å²) in [6.45, 7) is 4.00. The summed E-state index contributed by atoms with van der Waals surface area (Å²) in [4.78, 5) is 14.8. The number of allylic oxidation sites excluding steroid dienone is 8. The van der Waals surface area contributed by atoms with Crippen LogP contribution in [-0.2, 0) is 0 Å². The van der Waals surface area contributed by atoms with E-state index < -0.39 is 0 Å². The zero-order chi connectivity index (χ0) is 28.5. The lowest BCUT2D eigenvalue weighted by atomic mass is 9.87. The van der Waals surface area contributed by atoms with Gasteiger partial charge in [0.05, 0.1) is 28.3 Å². The van der Waals surface area contributed by atoms with Crippen molar-refractivity contribution in [1.29, 1.82) is 0 Å². The third-order valence-corrected chi connectivity index (χ3v) is 8.12. The average Bonchev–Trinajstić information content (AvgIpc) is 3.08. The molecule has 3 aromatic heterocycles. The van der Waals surface area contributed by atoms with Gasteiger partial charge in [0.1, 0.15) is 0 Å². The molecule has 4 heteroatoms. The van der Waals surface area contributed by atoms with Gasteiger partial charge in [0.15, 0.2) is 0 Å². The highest BCUT2D eigenvalue weighted by Gasteiger charge is 2.22. The Hall–Kier alpha value is -5.09. The first-order chi connectivity index (χ1) is 20.8. The SMILES string of the molecule is C1=CCCC(c2cc(C3=C4C=CC=CC4NC=C3)c3ccc4c(-c5ccnc6ccccc56)ccnc4c3n2)=C1.CC. The summed E-state index contributed by atoms with van der Waals surface area (Å²) in [6, 6.07) is 19.4. The second-order valence-corrected chi connectivity index (χ2v) is 10.4. The van der Waals surface area contributed by atoms with Crippen molar-refractivity contribution < 1.29 is 0 Å². The van der Waals surface area contributed by atoms with Gasteiger partial charge in [0.2, 0.25) is 0 Å². The van der Waals surface area contributed by atoms with Crippen LogP contribution in [-0.4, -0.2) is 21.0 Å². The van der Waals surface area contributed by atoms with E-state index >= 15 is 0 Å². The summed E-state index contributed by atoms with van der Waals surface area (Å²) in [5.41, 5.74) is 11.1. The highest BCUT2D eigenvalue weighted by atomic mass is 14.9. The minimum absolute atomic E-state index is 0.165. The first-order valence-electron chi connectivity index (χ1n) is 14.8. The second kappa shape index (κ2) is 11.1. The van der Waals surface area contributed by atoms with Gasteiger partial charge in [-0.15, -0.1) is 0 Å². The standard InChI is InChI=1S/C36H26N4.C2H6/c1-2-8-23(9-3-1)34-22-31(26-17-20-38-33-13-7-5-11-28(26)33)30-15-14-29-25(18-21-39-35(29)36(30)40-34)24-16-19-37-32-12-6-4-10-27(24)32;1-2/h1-2,4-8,10-22,33,38H,3,9H2;1-2H3. The smallest absolute Gasteiger partial charge is 0.0978 e. The maximum Gasteiger partial charge on any atom is 0.0978 e. The first kappa shape index (κ1) is 25.8. The summed E-state index contributed by atoms with van der Waals surface area (Å²) >= 11 is 0. The number of benzene rings is 2. The molecule has 42 heavy (non-hydrogen) atoms. The molecule has 0 spiro atoms. The molecule has 2 aliphatic carbocycles. The van der Waals surface area contributed by atoms with Crippen molar-refractivity contribution in [3.8, 4) is 11.1 Å². The molecule has 0 bridgehead atoms. The number of pyridine rings is 3. The molecule has 1 atom stereocenters. The topological polar surface area (TPSA) is 50.7 Å². The normalized spacial score (nSPS) is 17.2. The van der Waals surface area contributed by atoms with Crippen LogP contribution in [0.15, 0.2) is 127 Å². The van der Waals surface area contributed by atoms with E-state index in [0.717, 1.165) is 62.4 Å². The van der Waals surface area contributed by atoms with E-state index in [-0.39, 0.29) is 6.04 Å². The Morgan fingerprint density at radius 1 is 0.762 bits per heavy atom. The number of rotatable bonds is 3. The third-order valence-electron chi connectivity index (χ3n) is 8.12. The van der Waals surface area contributed by atoms with Crippen LogP contribution in [0.2, 0.25) is 0 Å². The lowest BCUT2D eigenvalue weighted by Crippen LogP contribution is -2.28. The first-order valence-corrected chi connectivity index (χ1v) is 14.8. The van der Waals surface area contributed by atoms with Crippen molar-refractivity contribution in [3.05, 3.63) is 139 Å². The molecule has 204 valence electrons. The number of nitrogens with one attached hydrogen (secondary N) is 1. The quantitative estimate of drug-likeness (QED) is 0.230. The number of hydrogen-bond acceptors (Lipinski definition) is 4. The molecule has 5 aromatic rings. The van der Waals surface area contributed by atoms with Crippen molar-refractivity contribution >= 4 is 43.9 Å². The van der Waals surface area contributed by atoms with Crippen LogP contribution in [0.4, 0.5) is 0 Å². The predicted octanol–water partition coefficient (Wildman–Crippen LogP) is 9.12. The third kappa shape index (κ3) is 4.36. The number of nitrogens with zero attached hydrogens (tertiary/aromatic N) is 3. The van der Waals surface area contributed by atoms with Gasteiger partial charge in [-0.2, -0.15) is 0 Å². The Kier molecular flexibility index (Phi) is 6.81. The van der Waals surface area contributed by atoms with Gasteiger partial charge in [-0.3, -0.25) is 9.97 Å². The fourth-order valence-corrected chi connectivity index (χ4v) is 6.19. The van der Waals surface area contributed by atoms with Gasteiger partial charge in [0.25, 0.3) is 0 Å². The van der Waals surface area contributed by atoms with Gasteiger partial charge in [-0.05, 0) is 82.8 Å². The van der Waals surface area contributed by atoms with E-state index in [4.69, 9.17) is 9.97 Å². The lowest BCUT2D eigenvalue weighted by Gasteiger charge is -2.25. The average molecular weight is 545 g/mol. The molecule has 2 aromatic carbocycles. The molecule has 1 aliphatic heterocycles. The Balaban J connectivity index is 0.00000141. The van der Waals surface area contributed by atoms with Crippen molar-refractivity contribution in [2.75, 3.05) is 0 Å². The molecular weight excluding hydrogens is 512 g/mol. The fourth-order valence-electron chi connectivity index (χ4n) is 6.19. The largest absolute Gasteiger partial charge is 0.381 e. The molecule has 0 fully saturated rings. The summed E-state index contributed by atoms with van der Waals surface area (Å²) in [7, 11) is 0. The molecule has 0 saturated heterocycles. The number of hydrogen-bond donors (Lipinski definition) is 1. The lowest BCUT2D eigenvalue weighted by molar-refractivity contribution is 0.799. The van der Waals surface area contributed by atoms with Crippen LogP contribution in [0.1, 0.15) is 37.9 Å². The zero-order valence-electron chi connectivity index (χ0n) is 23.9. The highest BCUT2D eigenvalue weighted by Crippen LogP contribution is 2.39. The van der Waals surface area contributed by atoms with Gasteiger partial charge < -0.3 is 5.32 Å². The Morgan fingerprint density at radius 3 is 2.43 bits per heavy atom. The number of aromatic nitrogens is 3. The summed E-state index contributed by atoms with van der Waals surface area (Å²) in [5.74, 6) is 0. The highest BCUT2D eigenvalue weighted by molar-refractivity contribution is 6.13. The Labute approximate surface area is 246 Å². The Morgan fingerprint density at radius 2 is 1.57 bits per heavy atom. The molecular formula is C38H32N4. The van der Waals surface area contributed by atoms with Crippen molar-refractivity contribution in [2.24, 2.45) is 0 Å². The summed E-state index contributed by atoms with van der Waals surface area (Å²) < 4.78 is 0. The zero-order valence-corrected chi connectivity index (χ0v) is 23.9. The molecule has 0 radical (unpaired) electrons. The number of dihydropyridines is 1. The van der Waals surface area contributed by atoms with Crippen LogP contribution in [0, 0.1) is 0 Å². The molecule has 0 saturated carbocycles. The van der Waals surface area contributed by atoms with E-state index in [1.807, 2.05) is 32.3 Å². The predicted molar refractivity (Wildman–Crippen MR) is 177 cm³/mol. The van der Waals surface area contributed by atoms with Crippen LogP contribution in [0.25, 0.3) is 55.0 Å². The maximum absolute atomic E-state index is 5.31.